The van der Waals surface area contributed by atoms with Crippen molar-refractivity contribution in [2.45, 2.75) is 234 Å². The molecule has 0 radical (unpaired) electrons. The third-order valence-electron chi connectivity index (χ3n) is 17.6. The molecule has 7 fully saturated rings. The Hall–Kier alpha value is -1.17. The first kappa shape index (κ1) is 52.6. The lowest BCUT2D eigenvalue weighted by molar-refractivity contribution is -0.389. The van der Waals surface area contributed by atoms with E-state index in [1.54, 1.807) is 42.1 Å². The fourth-order valence-electron chi connectivity index (χ4n) is 13.3. The third kappa shape index (κ3) is 8.95. The number of carbonyl (C=O) groups is 1. The summed E-state index contributed by atoms with van der Waals surface area (Å²) in [5.74, 6) is -8.80. The zero-order valence-corrected chi connectivity index (χ0v) is 41.7. The number of ether oxygens (including phenoxy) is 13. The predicted octanol–water partition coefficient (Wildman–Crippen LogP) is 3.94. The number of methoxy groups -OCH3 is 5. The van der Waals surface area contributed by atoms with Gasteiger partial charge in [-0.15, -0.1) is 0 Å². The summed E-state index contributed by atoms with van der Waals surface area (Å²) in [5.41, 5.74) is -2.16. The van der Waals surface area contributed by atoms with Crippen LogP contribution in [0, 0.1) is 29.6 Å². The number of carboxylic acids is 1. The molecule has 0 aliphatic carbocycles. The number of aliphatic hydroxyl groups excluding tert-OH is 1. The molecule has 0 aromatic rings. The average Bonchev–Trinajstić information content (AvgIpc) is 4.02. The number of aliphatic carboxylic acids is 1. The largest absolute Gasteiger partial charge is 0.479 e. The van der Waals surface area contributed by atoms with Gasteiger partial charge in [0.2, 0.25) is 11.9 Å². The van der Waals surface area contributed by atoms with Crippen LogP contribution in [0.2, 0.25) is 0 Å². The quantitative estimate of drug-likeness (QED) is 0.194. The highest BCUT2D eigenvalue weighted by Gasteiger charge is 2.70. The molecule has 18 heteroatoms. The van der Waals surface area contributed by atoms with Gasteiger partial charge in [-0.2, -0.15) is 0 Å². The zero-order valence-electron chi connectivity index (χ0n) is 41.7. The number of hydrogen-bond acceptors (Lipinski definition) is 17. The summed E-state index contributed by atoms with van der Waals surface area (Å²) in [6, 6.07) is 0. The number of hydrogen-bond donors (Lipinski definition) is 4. The first-order chi connectivity index (χ1) is 31.0. The van der Waals surface area contributed by atoms with Gasteiger partial charge in [0.1, 0.15) is 11.2 Å². The Morgan fingerprint density at radius 1 is 0.697 bits per heavy atom. The van der Waals surface area contributed by atoms with Crippen molar-refractivity contribution in [1.82, 2.24) is 0 Å². The third-order valence-corrected chi connectivity index (χ3v) is 17.6. The topological polar surface area (TPSA) is 218 Å². The van der Waals surface area contributed by atoms with Crippen LogP contribution in [0.4, 0.5) is 0 Å². The number of carboxylic acid groups (broad SMARTS) is 1. The van der Waals surface area contributed by atoms with E-state index >= 15 is 0 Å². The molecule has 0 amide bonds. The van der Waals surface area contributed by atoms with Gasteiger partial charge in [0.05, 0.1) is 79.4 Å². The van der Waals surface area contributed by atoms with Crippen molar-refractivity contribution >= 4 is 5.97 Å². The van der Waals surface area contributed by atoms with Crippen LogP contribution in [0.1, 0.15) is 114 Å². The molecule has 7 heterocycles. The minimum Gasteiger partial charge on any atom is -0.479 e. The second-order valence-electron chi connectivity index (χ2n) is 21.2. The lowest BCUT2D eigenvalue weighted by Crippen LogP contribution is -2.72. The van der Waals surface area contributed by atoms with Crippen molar-refractivity contribution in [2.75, 3.05) is 35.5 Å². The van der Waals surface area contributed by atoms with Crippen LogP contribution >= 0.6 is 0 Å². The molecular formula is C48H82O18. The van der Waals surface area contributed by atoms with Crippen molar-refractivity contribution in [1.29, 1.82) is 0 Å². The monoisotopic (exact) mass is 947 g/mol. The Kier molecular flexibility index (Phi) is 15.8. The van der Waals surface area contributed by atoms with Gasteiger partial charge in [-0.25, -0.2) is 4.79 Å². The van der Waals surface area contributed by atoms with Gasteiger partial charge in [-0.05, 0) is 59.8 Å². The van der Waals surface area contributed by atoms with Crippen LogP contribution in [-0.2, 0) is 66.4 Å². The molecule has 7 saturated heterocycles. The fraction of sp³-hybridized carbons (Fsp3) is 0.979. The van der Waals surface area contributed by atoms with Gasteiger partial charge in [0.25, 0.3) is 0 Å². The molecular weight excluding hydrogens is 865 g/mol. The molecule has 1 spiro atoms. The van der Waals surface area contributed by atoms with Crippen LogP contribution in [0.3, 0.4) is 0 Å². The van der Waals surface area contributed by atoms with Crippen LogP contribution in [-0.4, -0.2) is 182 Å². The Balaban J connectivity index is 1.05. The lowest BCUT2D eigenvalue weighted by atomic mass is 9.73. The van der Waals surface area contributed by atoms with E-state index in [0.717, 1.165) is 25.7 Å². The Bertz CT molecular complexity index is 1660. The van der Waals surface area contributed by atoms with E-state index in [4.69, 9.17) is 61.6 Å². The molecule has 7 aliphatic rings. The van der Waals surface area contributed by atoms with Crippen molar-refractivity contribution in [3.63, 3.8) is 0 Å². The Labute approximate surface area is 391 Å². The van der Waals surface area contributed by atoms with E-state index in [1.165, 1.54) is 14.2 Å². The normalized spacial score (nSPS) is 53.9. The maximum atomic E-state index is 12.1. The van der Waals surface area contributed by atoms with E-state index in [2.05, 4.69) is 13.8 Å². The van der Waals surface area contributed by atoms with Gasteiger partial charge in [-0.3, -0.25) is 0 Å². The average molecular weight is 947 g/mol. The van der Waals surface area contributed by atoms with E-state index in [1.807, 2.05) is 27.7 Å². The van der Waals surface area contributed by atoms with Gasteiger partial charge in [-0.1, -0.05) is 34.6 Å². The first-order valence-electron chi connectivity index (χ1n) is 24.4. The van der Waals surface area contributed by atoms with E-state index in [-0.39, 0.29) is 78.9 Å². The summed E-state index contributed by atoms with van der Waals surface area (Å²) in [6.07, 6.45) is -2.92. The highest BCUT2D eigenvalue weighted by molar-refractivity contribution is 5.73. The maximum Gasteiger partial charge on any atom is 0.338 e. The molecule has 0 aromatic carbocycles. The second-order valence-corrected chi connectivity index (χ2v) is 21.2. The Morgan fingerprint density at radius 3 is 1.94 bits per heavy atom. The summed E-state index contributed by atoms with van der Waals surface area (Å²) < 4.78 is 83.8. The first-order valence-corrected chi connectivity index (χ1v) is 24.4. The highest BCUT2D eigenvalue weighted by atomic mass is 16.7. The van der Waals surface area contributed by atoms with Crippen molar-refractivity contribution in [3.05, 3.63) is 0 Å². The summed E-state index contributed by atoms with van der Waals surface area (Å²) in [4.78, 5) is 12.1. The molecule has 382 valence electrons. The van der Waals surface area contributed by atoms with Gasteiger partial charge in [0.15, 0.2) is 17.9 Å². The molecule has 18 nitrogen and oxygen atoms in total. The van der Waals surface area contributed by atoms with Gasteiger partial charge in [0, 0.05) is 84.4 Å². The molecule has 0 saturated carbocycles. The minimum atomic E-state index is -2.50. The second kappa shape index (κ2) is 19.8. The molecule has 66 heavy (non-hydrogen) atoms. The standard InChI is InChI=1S/C48H82O18/c1-23-38(62-37-20-18-30(54-10)28(6)59-37)25(3)46(9,52)65-39(23)33-16-15-31(60-33)32-17-19-35(61-32)45(8)42(57-13)27(5)48(66-45)24(2)34(55-11)21-29(63-48)22-36-44(7,58-14)41(56-12)26(4)47(53,64-36)40(49)43(50)51/h23-42,49,52-53H,15-22H2,1-14H3,(H,50,51)/t23-,24+,25+,26-,27+,28+,29-,30-,31+,32-,33+,34+,35+,36-,37-,38-,39-,40-,41-,42+,44-,45+,46-,47-,48?/m0/s1. The molecule has 0 bridgehead atoms. The van der Waals surface area contributed by atoms with Crippen LogP contribution < -0.4 is 0 Å². The van der Waals surface area contributed by atoms with Crippen LogP contribution in [0.15, 0.2) is 0 Å². The molecule has 4 N–H and O–H groups in total. The predicted molar refractivity (Wildman–Crippen MR) is 234 cm³/mol. The highest BCUT2D eigenvalue weighted by Crippen LogP contribution is 2.57. The number of rotatable bonds is 14. The van der Waals surface area contributed by atoms with E-state index in [0.29, 0.717) is 19.3 Å². The summed E-state index contributed by atoms with van der Waals surface area (Å²) >= 11 is 0. The zero-order chi connectivity index (χ0) is 48.5. The fourth-order valence-corrected chi connectivity index (χ4v) is 13.3. The maximum absolute atomic E-state index is 12.1. The summed E-state index contributed by atoms with van der Waals surface area (Å²) in [7, 11) is 7.98. The SMILES string of the molecule is CO[C@H]1CC[C@H](O[C@H]2[C@H](C)[C@@H]([C@H]3CC[C@H]([C@@H]4CC[C@H]([C@@]5(C)OC6(O[C@H](C[C@@H]7O[C@](O)([C@@H](O)C(=O)O)[C@@H](C)[C@H](OC)[C@@]7(C)OC)C[C@@H](OC)[C@H]6C)[C@H](C)[C@H]5OC)O4)O3)O[C@](C)(O)[C@@H]2C)O[C@@H]1C. The minimum absolute atomic E-state index is 0.0182. The molecule has 7 rings (SSSR count). The smallest absolute Gasteiger partial charge is 0.338 e. The summed E-state index contributed by atoms with van der Waals surface area (Å²) in [5, 5.41) is 43.9. The van der Waals surface area contributed by atoms with Gasteiger partial charge >= 0.3 is 5.97 Å². The molecule has 25 atom stereocenters. The molecule has 1 unspecified atom stereocenters. The summed E-state index contributed by atoms with van der Waals surface area (Å²) in [6.45, 7) is 17.2. The molecule has 7 aliphatic heterocycles. The van der Waals surface area contributed by atoms with Gasteiger partial charge < -0.3 is 82.0 Å². The molecule has 0 aromatic heterocycles. The van der Waals surface area contributed by atoms with Crippen LogP contribution in [0.5, 0.6) is 0 Å². The van der Waals surface area contributed by atoms with E-state index < -0.39 is 83.4 Å². The number of aliphatic hydroxyl groups is 3. The Morgan fingerprint density at radius 2 is 1.33 bits per heavy atom. The van der Waals surface area contributed by atoms with Crippen molar-refractivity contribution in [3.8, 4) is 0 Å². The lowest BCUT2D eigenvalue weighted by Gasteiger charge is -2.56. The van der Waals surface area contributed by atoms with Crippen molar-refractivity contribution < 1.29 is 86.8 Å². The van der Waals surface area contributed by atoms with Crippen LogP contribution in [0.25, 0.3) is 0 Å². The van der Waals surface area contributed by atoms with E-state index in [9.17, 15) is 25.2 Å². The van der Waals surface area contributed by atoms with Crippen molar-refractivity contribution in [2.24, 2.45) is 29.6 Å².